The number of hydrogen-bond acceptors (Lipinski definition) is 2. The molecule has 0 aliphatic carbocycles. The molecule has 0 radical (unpaired) electrons. The standard InChI is InChI=1S/C13H18F2N2/c1-2-10-4-3-7-17(10)12-6-5-9(16)8-11(12)13(14)15/h5-6,8,10,13H,2-4,7,16H2,1H3. The largest absolute Gasteiger partial charge is 0.399 e. The van der Waals surface area contributed by atoms with Gasteiger partial charge in [-0.15, -0.1) is 0 Å². The van der Waals surface area contributed by atoms with Gasteiger partial charge in [0, 0.05) is 29.5 Å². The van der Waals surface area contributed by atoms with Crippen LogP contribution in [0.4, 0.5) is 20.2 Å². The minimum atomic E-state index is -2.47. The van der Waals surface area contributed by atoms with E-state index in [1.807, 2.05) is 0 Å². The molecule has 2 rings (SSSR count). The van der Waals surface area contributed by atoms with Crippen LogP contribution in [0.1, 0.15) is 38.2 Å². The van der Waals surface area contributed by atoms with Gasteiger partial charge in [-0.2, -0.15) is 0 Å². The third-order valence-corrected chi connectivity index (χ3v) is 3.44. The summed E-state index contributed by atoms with van der Waals surface area (Å²) in [6.07, 6.45) is 0.689. The van der Waals surface area contributed by atoms with Crippen LogP contribution in [-0.2, 0) is 0 Å². The number of rotatable bonds is 3. The maximum absolute atomic E-state index is 13.0. The van der Waals surface area contributed by atoms with Crippen molar-refractivity contribution < 1.29 is 8.78 Å². The lowest BCUT2D eigenvalue weighted by Crippen LogP contribution is -2.29. The molecule has 1 aliphatic rings. The van der Waals surface area contributed by atoms with Crippen molar-refractivity contribution in [2.75, 3.05) is 17.2 Å². The summed E-state index contributed by atoms with van der Waals surface area (Å²) in [6, 6.07) is 5.21. The van der Waals surface area contributed by atoms with Gasteiger partial charge in [0.05, 0.1) is 0 Å². The fraction of sp³-hybridized carbons (Fsp3) is 0.538. The molecule has 1 atom stereocenters. The van der Waals surface area contributed by atoms with Crippen molar-refractivity contribution in [3.8, 4) is 0 Å². The molecular weight excluding hydrogens is 222 g/mol. The lowest BCUT2D eigenvalue weighted by atomic mass is 10.1. The number of nitrogen functional groups attached to an aromatic ring is 1. The molecule has 1 aromatic rings. The molecule has 0 bridgehead atoms. The fourth-order valence-electron chi connectivity index (χ4n) is 2.59. The lowest BCUT2D eigenvalue weighted by molar-refractivity contribution is 0.152. The van der Waals surface area contributed by atoms with E-state index in [-0.39, 0.29) is 5.56 Å². The highest BCUT2D eigenvalue weighted by molar-refractivity contribution is 5.61. The van der Waals surface area contributed by atoms with Gasteiger partial charge in [-0.05, 0) is 37.5 Å². The van der Waals surface area contributed by atoms with E-state index in [1.165, 1.54) is 6.07 Å². The number of hydrogen-bond donors (Lipinski definition) is 1. The van der Waals surface area contributed by atoms with Crippen molar-refractivity contribution in [1.82, 2.24) is 0 Å². The minimum Gasteiger partial charge on any atom is -0.399 e. The van der Waals surface area contributed by atoms with Gasteiger partial charge < -0.3 is 10.6 Å². The van der Waals surface area contributed by atoms with Crippen LogP contribution in [0.3, 0.4) is 0 Å². The number of nitrogens with two attached hydrogens (primary N) is 1. The lowest BCUT2D eigenvalue weighted by Gasteiger charge is -2.28. The molecular formula is C13H18F2N2. The Labute approximate surface area is 100 Å². The monoisotopic (exact) mass is 240 g/mol. The summed E-state index contributed by atoms with van der Waals surface area (Å²) in [5.74, 6) is 0. The normalized spacial score (nSPS) is 20.2. The van der Waals surface area contributed by atoms with E-state index in [1.54, 1.807) is 12.1 Å². The van der Waals surface area contributed by atoms with Crippen molar-refractivity contribution in [3.63, 3.8) is 0 Å². The maximum atomic E-state index is 13.0. The predicted molar refractivity (Wildman–Crippen MR) is 66.5 cm³/mol. The molecule has 1 aromatic carbocycles. The third kappa shape index (κ3) is 2.35. The first kappa shape index (κ1) is 12.1. The summed E-state index contributed by atoms with van der Waals surface area (Å²) >= 11 is 0. The molecule has 1 aliphatic heterocycles. The molecule has 0 aromatic heterocycles. The van der Waals surface area contributed by atoms with Crippen LogP contribution in [0.15, 0.2) is 18.2 Å². The number of anilines is 2. The van der Waals surface area contributed by atoms with Crippen LogP contribution < -0.4 is 10.6 Å². The molecule has 94 valence electrons. The van der Waals surface area contributed by atoms with Gasteiger partial charge >= 0.3 is 0 Å². The van der Waals surface area contributed by atoms with Crippen LogP contribution in [-0.4, -0.2) is 12.6 Å². The number of halogens is 2. The zero-order valence-electron chi connectivity index (χ0n) is 10.00. The van der Waals surface area contributed by atoms with Crippen LogP contribution in [0.5, 0.6) is 0 Å². The van der Waals surface area contributed by atoms with Gasteiger partial charge in [0.2, 0.25) is 0 Å². The molecule has 1 fully saturated rings. The van der Waals surface area contributed by atoms with Crippen LogP contribution >= 0.6 is 0 Å². The van der Waals surface area contributed by atoms with E-state index >= 15 is 0 Å². The van der Waals surface area contributed by atoms with E-state index in [9.17, 15) is 8.78 Å². The van der Waals surface area contributed by atoms with Crippen molar-refractivity contribution in [1.29, 1.82) is 0 Å². The summed E-state index contributed by atoms with van der Waals surface area (Å²) in [7, 11) is 0. The van der Waals surface area contributed by atoms with E-state index in [0.717, 1.165) is 25.8 Å². The Bertz CT molecular complexity index is 393. The number of benzene rings is 1. The Morgan fingerprint density at radius 3 is 2.88 bits per heavy atom. The zero-order chi connectivity index (χ0) is 12.4. The smallest absolute Gasteiger partial charge is 0.265 e. The zero-order valence-corrected chi connectivity index (χ0v) is 10.00. The molecule has 4 heteroatoms. The quantitative estimate of drug-likeness (QED) is 0.818. The predicted octanol–water partition coefficient (Wildman–Crippen LogP) is 3.59. The average Bonchev–Trinajstić information content (AvgIpc) is 2.76. The van der Waals surface area contributed by atoms with Crippen molar-refractivity contribution in [2.24, 2.45) is 0 Å². The van der Waals surface area contributed by atoms with Crippen LogP contribution in [0.2, 0.25) is 0 Å². The summed E-state index contributed by atoms with van der Waals surface area (Å²) in [5.41, 5.74) is 6.69. The van der Waals surface area contributed by atoms with E-state index in [2.05, 4.69) is 11.8 Å². The highest BCUT2D eigenvalue weighted by Gasteiger charge is 2.26. The Morgan fingerprint density at radius 2 is 2.24 bits per heavy atom. The molecule has 0 saturated carbocycles. The van der Waals surface area contributed by atoms with Crippen LogP contribution in [0, 0.1) is 0 Å². The Morgan fingerprint density at radius 1 is 1.47 bits per heavy atom. The number of nitrogens with zero attached hydrogens (tertiary/aromatic N) is 1. The van der Waals surface area contributed by atoms with Crippen molar-refractivity contribution >= 4 is 11.4 Å². The van der Waals surface area contributed by atoms with E-state index < -0.39 is 6.43 Å². The fourth-order valence-corrected chi connectivity index (χ4v) is 2.59. The second-order valence-corrected chi connectivity index (χ2v) is 4.52. The molecule has 0 amide bonds. The molecule has 1 saturated heterocycles. The van der Waals surface area contributed by atoms with Gasteiger partial charge in [0.15, 0.2) is 0 Å². The SMILES string of the molecule is CCC1CCCN1c1ccc(N)cc1C(F)F. The maximum Gasteiger partial charge on any atom is 0.265 e. The first-order valence-electron chi connectivity index (χ1n) is 6.07. The minimum absolute atomic E-state index is 0.0605. The summed E-state index contributed by atoms with van der Waals surface area (Å²) in [5, 5.41) is 0. The van der Waals surface area contributed by atoms with E-state index in [0.29, 0.717) is 17.4 Å². The second-order valence-electron chi connectivity index (χ2n) is 4.52. The first-order chi connectivity index (χ1) is 8.13. The third-order valence-electron chi connectivity index (χ3n) is 3.44. The Kier molecular flexibility index (Phi) is 3.50. The van der Waals surface area contributed by atoms with Gasteiger partial charge in [-0.25, -0.2) is 8.78 Å². The highest BCUT2D eigenvalue weighted by Crippen LogP contribution is 2.36. The van der Waals surface area contributed by atoms with Crippen molar-refractivity contribution in [2.45, 2.75) is 38.7 Å². The first-order valence-corrected chi connectivity index (χ1v) is 6.07. The summed E-state index contributed by atoms with van der Waals surface area (Å²) in [4.78, 5) is 2.10. The second kappa shape index (κ2) is 4.90. The molecule has 2 N–H and O–H groups in total. The Hall–Kier alpha value is -1.32. The average molecular weight is 240 g/mol. The van der Waals surface area contributed by atoms with Gasteiger partial charge in [-0.1, -0.05) is 6.92 Å². The van der Waals surface area contributed by atoms with Gasteiger partial charge in [0.25, 0.3) is 6.43 Å². The summed E-state index contributed by atoms with van der Waals surface area (Å²) < 4.78 is 26.0. The van der Waals surface area contributed by atoms with Crippen LogP contribution in [0.25, 0.3) is 0 Å². The molecule has 2 nitrogen and oxygen atoms in total. The highest BCUT2D eigenvalue weighted by atomic mass is 19.3. The molecule has 1 unspecified atom stereocenters. The summed E-state index contributed by atoms with van der Waals surface area (Å²) in [6.45, 7) is 2.96. The molecule has 1 heterocycles. The number of alkyl halides is 2. The topological polar surface area (TPSA) is 29.3 Å². The van der Waals surface area contributed by atoms with E-state index in [4.69, 9.17) is 5.73 Å². The van der Waals surface area contributed by atoms with Crippen molar-refractivity contribution in [3.05, 3.63) is 23.8 Å². The molecule has 17 heavy (non-hydrogen) atoms. The Balaban J connectivity index is 2.37. The molecule has 0 spiro atoms. The van der Waals surface area contributed by atoms with Gasteiger partial charge in [0.1, 0.15) is 0 Å². The van der Waals surface area contributed by atoms with Gasteiger partial charge in [-0.3, -0.25) is 0 Å².